The lowest BCUT2D eigenvalue weighted by molar-refractivity contribution is -0.114. The van der Waals surface area contributed by atoms with E-state index in [1.165, 1.54) is 42.5 Å². The molecule has 1 N–H and O–H groups in total. The lowest BCUT2D eigenvalue weighted by atomic mass is 10.1. The molecule has 0 aliphatic carbocycles. The van der Waals surface area contributed by atoms with Gasteiger partial charge in [0.15, 0.2) is 17.2 Å². The molecule has 0 atom stereocenters. The van der Waals surface area contributed by atoms with Crippen LogP contribution >= 0.6 is 0 Å². The number of rotatable bonds is 3. The van der Waals surface area contributed by atoms with Gasteiger partial charge in [0.1, 0.15) is 0 Å². The van der Waals surface area contributed by atoms with Crippen molar-refractivity contribution >= 4 is 29.4 Å². The zero-order chi connectivity index (χ0) is 20.8. The summed E-state index contributed by atoms with van der Waals surface area (Å²) in [6.45, 7) is 0.00363. The first-order chi connectivity index (χ1) is 13.7. The summed E-state index contributed by atoms with van der Waals surface area (Å²) in [6.07, 6.45) is -3.80. The molecule has 2 aromatic carbocycles. The van der Waals surface area contributed by atoms with E-state index in [4.69, 9.17) is 14.6 Å². The highest BCUT2D eigenvalue weighted by Crippen LogP contribution is 2.36. The Morgan fingerprint density at radius 1 is 1.10 bits per heavy atom. The molecular weight excluding hydrogens is 393 g/mol. The summed E-state index contributed by atoms with van der Waals surface area (Å²) >= 11 is 0. The molecule has 7 nitrogen and oxygen atoms in total. The molecule has 0 bridgehead atoms. The van der Waals surface area contributed by atoms with Crippen LogP contribution in [-0.4, -0.2) is 35.7 Å². The van der Waals surface area contributed by atoms with Crippen LogP contribution in [-0.2, 0) is 4.79 Å². The van der Waals surface area contributed by atoms with Gasteiger partial charge in [-0.1, -0.05) is 6.07 Å². The number of hydrogen-bond donors (Lipinski definition) is 1. The lowest BCUT2D eigenvalue weighted by Crippen LogP contribution is -2.25. The second-order valence-corrected chi connectivity index (χ2v) is 6.09. The van der Waals surface area contributed by atoms with Gasteiger partial charge in [-0.3, -0.25) is 4.79 Å². The first kappa shape index (κ1) is 18.5. The van der Waals surface area contributed by atoms with Crippen LogP contribution in [0.5, 0.6) is 11.5 Å². The Balaban J connectivity index is 1.73. The smallest absolute Gasteiger partial charge is 0.435 e. The molecule has 1 amide bonds. The number of carboxylic acids is 1. The maximum absolute atomic E-state index is 13.5. The van der Waals surface area contributed by atoms with Gasteiger partial charge in [0.05, 0.1) is 16.8 Å². The number of carboxylic acid groups (broad SMARTS) is 1. The van der Waals surface area contributed by atoms with Gasteiger partial charge >= 0.3 is 12.1 Å². The predicted octanol–water partition coefficient (Wildman–Crippen LogP) is 3.46. The minimum absolute atomic E-state index is 0.00363. The summed E-state index contributed by atoms with van der Waals surface area (Å²) in [5.41, 5.74) is -1.74. The van der Waals surface area contributed by atoms with Gasteiger partial charge in [0.25, 0.3) is 5.91 Å². The van der Waals surface area contributed by atoms with Crippen molar-refractivity contribution in [2.45, 2.75) is 6.18 Å². The van der Waals surface area contributed by atoms with E-state index >= 15 is 0 Å². The normalized spacial score (nSPS) is 17.1. The summed E-state index contributed by atoms with van der Waals surface area (Å²) in [4.78, 5) is 23.6. The van der Waals surface area contributed by atoms with Crippen molar-refractivity contribution in [1.29, 1.82) is 0 Å². The summed E-state index contributed by atoms with van der Waals surface area (Å²) in [5.74, 6) is -1.38. The van der Waals surface area contributed by atoms with E-state index in [9.17, 15) is 22.8 Å². The Bertz CT molecular complexity index is 1070. The molecule has 0 aromatic heterocycles. The van der Waals surface area contributed by atoms with Crippen LogP contribution in [0, 0.1) is 0 Å². The van der Waals surface area contributed by atoms with Crippen molar-refractivity contribution < 1.29 is 37.3 Å². The van der Waals surface area contributed by atoms with Gasteiger partial charge < -0.3 is 14.6 Å². The zero-order valence-electron chi connectivity index (χ0n) is 14.4. The van der Waals surface area contributed by atoms with Crippen LogP contribution in [0.4, 0.5) is 18.9 Å². The van der Waals surface area contributed by atoms with Crippen molar-refractivity contribution in [2.75, 3.05) is 11.8 Å². The number of aromatic carboxylic acids is 1. The minimum Gasteiger partial charge on any atom is -0.478 e. The van der Waals surface area contributed by atoms with E-state index in [1.54, 1.807) is 0 Å². The Morgan fingerprint density at radius 3 is 2.45 bits per heavy atom. The standard InChI is InChI=1S/C19H11F3N2O5/c20-19(21,22)16-13(7-10-1-6-14-15(8-10)29-9-28-14)17(25)24(23-16)12-4-2-11(3-5-12)18(26)27/h1-8H,9H2,(H,26,27). The highest BCUT2D eigenvalue weighted by Gasteiger charge is 2.46. The van der Waals surface area contributed by atoms with Gasteiger partial charge in [0, 0.05) is 0 Å². The molecule has 2 heterocycles. The fraction of sp³-hybridized carbons (Fsp3) is 0.105. The third kappa shape index (κ3) is 3.40. The topological polar surface area (TPSA) is 88.4 Å². The van der Waals surface area contributed by atoms with E-state index < -0.39 is 29.3 Å². The fourth-order valence-corrected chi connectivity index (χ4v) is 2.84. The molecule has 0 unspecified atom stereocenters. The highest BCUT2D eigenvalue weighted by molar-refractivity contribution is 6.34. The average Bonchev–Trinajstić information content (AvgIpc) is 3.26. The van der Waals surface area contributed by atoms with Crippen molar-refractivity contribution in [3.8, 4) is 11.5 Å². The summed E-state index contributed by atoms with van der Waals surface area (Å²) in [7, 11) is 0. The molecule has 2 aliphatic rings. The molecular formula is C19H11F3N2O5. The largest absolute Gasteiger partial charge is 0.478 e. The first-order valence-electron chi connectivity index (χ1n) is 8.19. The maximum Gasteiger partial charge on any atom is 0.435 e. The average molecular weight is 404 g/mol. The van der Waals surface area contributed by atoms with Gasteiger partial charge in [0.2, 0.25) is 6.79 Å². The highest BCUT2D eigenvalue weighted by atomic mass is 19.4. The first-order valence-corrected chi connectivity index (χ1v) is 8.19. The molecule has 0 saturated heterocycles. The Labute approximate surface area is 161 Å². The van der Waals surface area contributed by atoms with Crippen LogP contribution in [0.25, 0.3) is 6.08 Å². The van der Waals surface area contributed by atoms with E-state index in [-0.39, 0.29) is 18.0 Å². The number of carbonyl (C=O) groups excluding carboxylic acids is 1. The van der Waals surface area contributed by atoms with Crippen LogP contribution in [0.2, 0.25) is 0 Å². The number of benzene rings is 2. The number of nitrogens with zero attached hydrogens (tertiary/aromatic N) is 2. The minimum atomic E-state index is -4.87. The van der Waals surface area contributed by atoms with Gasteiger partial charge in [-0.15, -0.1) is 0 Å². The molecule has 0 saturated carbocycles. The fourth-order valence-electron chi connectivity index (χ4n) is 2.84. The molecule has 148 valence electrons. The molecule has 10 heteroatoms. The Morgan fingerprint density at radius 2 is 1.79 bits per heavy atom. The number of halogens is 3. The molecule has 0 fully saturated rings. The summed E-state index contributed by atoms with van der Waals surface area (Å²) < 4.78 is 50.8. The van der Waals surface area contributed by atoms with Crippen molar-refractivity contribution in [3.05, 3.63) is 59.2 Å². The molecule has 0 radical (unpaired) electrons. The van der Waals surface area contributed by atoms with Crippen LogP contribution in [0.15, 0.2) is 53.1 Å². The third-order valence-electron chi connectivity index (χ3n) is 4.21. The lowest BCUT2D eigenvalue weighted by Gasteiger charge is -2.11. The summed E-state index contributed by atoms with van der Waals surface area (Å²) in [6, 6.07) is 9.25. The molecule has 0 spiro atoms. The number of alkyl halides is 3. The molecule has 2 aliphatic heterocycles. The second-order valence-electron chi connectivity index (χ2n) is 6.09. The number of amides is 1. The maximum atomic E-state index is 13.5. The quantitative estimate of drug-likeness (QED) is 0.792. The van der Waals surface area contributed by atoms with E-state index in [0.717, 1.165) is 6.08 Å². The van der Waals surface area contributed by atoms with Crippen molar-refractivity contribution in [2.24, 2.45) is 5.10 Å². The SMILES string of the molecule is O=C(O)c1ccc(N2N=C(C(F)(F)F)C(=Cc3ccc4c(c3)OCO4)C2=O)cc1. The number of carbonyl (C=O) groups is 2. The third-order valence-corrected chi connectivity index (χ3v) is 4.21. The number of hydrogen-bond acceptors (Lipinski definition) is 5. The van der Waals surface area contributed by atoms with Crippen LogP contribution in [0.1, 0.15) is 15.9 Å². The predicted molar refractivity (Wildman–Crippen MR) is 94.9 cm³/mol. The van der Waals surface area contributed by atoms with E-state index in [0.29, 0.717) is 22.1 Å². The molecule has 2 aromatic rings. The van der Waals surface area contributed by atoms with Gasteiger partial charge in [-0.25, -0.2) is 4.79 Å². The Hall–Kier alpha value is -3.82. The van der Waals surface area contributed by atoms with E-state index in [1.807, 2.05) is 0 Å². The van der Waals surface area contributed by atoms with Crippen molar-refractivity contribution in [1.82, 2.24) is 0 Å². The second kappa shape index (κ2) is 6.66. The number of ether oxygens (including phenoxy) is 2. The molecule has 4 rings (SSSR count). The number of anilines is 1. The van der Waals surface area contributed by atoms with Gasteiger partial charge in [-0.2, -0.15) is 23.3 Å². The number of fused-ring (bicyclic) bond motifs is 1. The summed E-state index contributed by atoms with van der Waals surface area (Å²) in [5, 5.41) is 13.0. The monoisotopic (exact) mass is 404 g/mol. The van der Waals surface area contributed by atoms with Crippen molar-refractivity contribution in [3.63, 3.8) is 0 Å². The number of hydrazone groups is 1. The molecule has 29 heavy (non-hydrogen) atoms. The van der Waals surface area contributed by atoms with E-state index in [2.05, 4.69) is 5.10 Å². The zero-order valence-corrected chi connectivity index (χ0v) is 14.4. The van der Waals surface area contributed by atoms with Crippen LogP contribution < -0.4 is 14.5 Å². The Kier molecular flexibility index (Phi) is 4.26. The van der Waals surface area contributed by atoms with Crippen LogP contribution in [0.3, 0.4) is 0 Å². The van der Waals surface area contributed by atoms with Gasteiger partial charge in [-0.05, 0) is 48.0 Å².